The minimum atomic E-state index is -2.92. The van der Waals surface area contributed by atoms with Gasteiger partial charge in [-0.2, -0.15) is 0 Å². The van der Waals surface area contributed by atoms with Crippen LogP contribution in [0.1, 0.15) is 25.1 Å². The van der Waals surface area contributed by atoms with E-state index >= 15 is 0 Å². The first-order valence-corrected chi connectivity index (χ1v) is 10.7. The van der Waals surface area contributed by atoms with Crippen LogP contribution in [-0.2, 0) is 16.3 Å². The average molecular weight is 360 g/mol. The summed E-state index contributed by atoms with van der Waals surface area (Å²) in [6.45, 7) is 5.73. The van der Waals surface area contributed by atoms with Gasteiger partial charge in [0.25, 0.3) is 0 Å². The Labute approximate surface area is 144 Å². The van der Waals surface area contributed by atoms with Gasteiger partial charge >= 0.3 is 0 Å². The lowest BCUT2D eigenvalue weighted by atomic mass is 9.90. The maximum atomic E-state index is 11.3. The zero-order valence-corrected chi connectivity index (χ0v) is 16.4. The molecule has 5 nitrogen and oxygen atoms in total. The fourth-order valence-electron chi connectivity index (χ4n) is 2.09. The monoisotopic (exact) mass is 359 g/mol. The Hall–Kier alpha value is -1.08. The molecule has 1 aromatic heterocycles. The second-order valence-corrected chi connectivity index (χ2v) is 9.99. The summed E-state index contributed by atoms with van der Waals surface area (Å²) in [4.78, 5) is 7.78. The first kappa shape index (κ1) is 20.0. The molecule has 0 bridgehead atoms. The van der Waals surface area contributed by atoms with Crippen molar-refractivity contribution in [1.29, 1.82) is 0 Å². The van der Waals surface area contributed by atoms with Crippen molar-refractivity contribution in [2.75, 3.05) is 39.2 Å². The minimum Gasteiger partial charge on any atom is -0.356 e. The molecule has 0 fully saturated rings. The van der Waals surface area contributed by atoms with Crippen molar-refractivity contribution in [1.82, 2.24) is 10.2 Å². The van der Waals surface area contributed by atoms with Crippen LogP contribution in [0.4, 0.5) is 0 Å². The third-order valence-electron chi connectivity index (χ3n) is 3.72. The number of aliphatic imine (C=N–C) groups is 1. The van der Waals surface area contributed by atoms with Crippen LogP contribution in [-0.4, -0.2) is 58.5 Å². The normalized spacial score (nSPS) is 13.2. The number of sulfone groups is 1. The highest BCUT2D eigenvalue weighted by molar-refractivity contribution is 7.90. The highest BCUT2D eigenvalue weighted by Gasteiger charge is 2.21. The number of guanidine groups is 1. The standard InChI is InChI=1S/C16H29N3O2S2/c1-16(2,9-12-23(5,20)21)13-18-15(17-3)19(4)10-8-14-7-6-11-22-14/h6-7,11H,8-10,12-13H2,1-5H3,(H,17,18). The van der Waals surface area contributed by atoms with Crippen LogP contribution in [0.5, 0.6) is 0 Å². The zero-order chi connectivity index (χ0) is 17.5. The van der Waals surface area contributed by atoms with Gasteiger partial charge in [-0.3, -0.25) is 4.99 Å². The summed E-state index contributed by atoms with van der Waals surface area (Å²) in [7, 11) is 0.873. The molecule has 0 aliphatic heterocycles. The van der Waals surface area contributed by atoms with Crippen molar-refractivity contribution in [2.45, 2.75) is 26.7 Å². The third-order valence-corrected chi connectivity index (χ3v) is 5.60. The predicted octanol–water partition coefficient (Wildman–Crippen LogP) is 2.26. The van der Waals surface area contributed by atoms with E-state index in [2.05, 4.69) is 46.6 Å². The first-order chi connectivity index (χ1) is 10.6. The zero-order valence-electron chi connectivity index (χ0n) is 14.8. The maximum Gasteiger partial charge on any atom is 0.193 e. The molecule has 1 heterocycles. The Morgan fingerprint density at radius 1 is 1.43 bits per heavy atom. The van der Waals surface area contributed by atoms with Crippen molar-refractivity contribution in [3.63, 3.8) is 0 Å². The molecule has 0 saturated heterocycles. The van der Waals surface area contributed by atoms with Crippen molar-refractivity contribution in [3.8, 4) is 0 Å². The van der Waals surface area contributed by atoms with Crippen molar-refractivity contribution >= 4 is 27.1 Å². The van der Waals surface area contributed by atoms with Gasteiger partial charge in [0.1, 0.15) is 9.84 Å². The average Bonchev–Trinajstić information content (AvgIpc) is 2.96. The van der Waals surface area contributed by atoms with Crippen LogP contribution in [0.2, 0.25) is 0 Å². The van der Waals surface area contributed by atoms with Crippen LogP contribution < -0.4 is 5.32 Å². The second kappa shape index (κ2) is 8.68. The van der Waals surface area contributed by atoms with E-state index in [-0.39, 0.29) is 11.2 Å². The Morgan fingerprint density at radius 3 is 2.65 bits per heavy atom. The summed E-state index contributed by atoms with van der Waals surface area (Å²) in [5.74, 6) is 1.06. The highest BCUT2D eigenvalue weighted by Crippen LogP contribution is 2.20. The van der Waals surface area contributed by atoms with Crippen LogP contribution in [0.15, 0.2) is 22.5 Å². The molecule has 132 valence electrons. The maximum absolute atomic E-state index is 11.3. The van der Waals surface area contributed by atoms with E-state index in [1.165, 1.54) is 11.1 Å². The summed E-state index contributed by atoms with van der Waals surface area (Å²) in [5, 5.41) is 5.45. The molecule has 0 amide bonds. The van der Waals surface area contributed by atoms with E-state index < -0.39 is 9.84 Å². The summed E-state index contributed by atoms with van der Waals surface area (Å²) in [6.07, 6.45) is 2.91. The number of nitrogens with one attached hydrogen (secondary N) is 1. The van der Waals surface area contributed by atoms with E-state index in [1.807, 2.05) is 7.05 Å². The number of hydrogen-bond acceptors (Lipinski definition) is 4. The van der Waals surface area contributed by atoms with Gasteiger partial charge in [-0.05, 0) is 29.7 Å². The fourth-order valence-corrected chi connectivity index (χ4v) is 3.71. The lowest BCUT2D eigenvalue weighted by Gasteiger charge is -2.28. The molecule has 0 radical (unpaired) electrons. The Bertz CT molecular complexity index is 593. The van der Waals surface area contributed by atoms with Gasteiger partial charge in [-0.25, -0.2) is 8.42 Å². The smallest absolute Gasteiger partial charge is 0.193 e. The summed E-state index contributed by atoms with van der Waals surface area (Å²) >= 11 is 1.77. The summed E-state index contributed by atoms with van der Waals surface area (Å²) < 4.78 is 22.7. The third kappa shape index (κ3) is 8.37. The predicted molar refractivity (Wildman–Crippen MR) is 100 cm³/mol. The molecule has 0 spiro atoms. The second-order valence-electron chi connectivity index (χ2n) is 6.70. The van der Waals surface area contributed by atoms with E-state index in [1.54, 1.807) is 18.4 Å². The molecule has 1 N–H and O–H groups in total. The topological polar surface area (TPSA) is 61.8 Å². The SMILES string of the molecule is CN=C(NCC(C)(C)CCS(C)(=O)=O)N(C)CCc1cccs1. The molecule has 0 aromatic carbocycles. The van der Waals surface area contributed by atoms with Gasteiger partial charge < -0.3 is 10.2 Å². The summed E-state index contributed by atoms with van der Waals surface area (Å²) in [6, 6.07) is 4.21. The van der Waals surface area contributed by atoms with Crippen LogP contribution >= 0.6 is 11.3 Å². The number of hydrogen-bond donors (Lipinski definition) is 1. The molecule has 0 aliphatic carbocycles. The largest absolute Gasteiger partial charge is 0.356 e. The molecule has 0 atom stereocenters. The van der Waals surface area contributed by atoms with E-state index in [0.717, 1.165) is 18.9 Å². The van der Waals surface area contributed by atoms with Gasteiger partial charge in [-0.15, -0.1) is 11.3 Å². The van der Waals surface area contributed by atoms with Gasteiger partial charge in [0.2, 0.25) is 0 Å². The van der Waals surface area contributed by atoms with Crippen molar-refractivity contribution in [2.24, 2.45) is 10.4 Å². The summed E-state index contributed by atoms with van der Waals surface area (Å²) in [5.41, 5.74) is -0.104. The number of rotatable bonds is 8. The minimum absolute atomic E-state index is 0.104. The molecule has 1 aromatic rings. The van der Waals surface area contributed by atoms with Crippen molar-refractivity contribution in [3.05, 3.63) is 22.4 Å². The molecular weight excluding hydrogens is 330 g/mol. The van der Waals surface area contributed by atoms with E-state index in [0.29, 0.717) is 13.0 Å². The molecule has 0 saturated carbocycles. The van der Waals surface area contributed by atoms with Gasteiger partial charge in [0.05, 0.1) is 5.75 Å². The van der Waals surface area contributed by atoms with Crippen LogP contribution in [0.25, 0.3) is 0 Å². The molecule has 1 rings (SSSR count). The van der Waals surface area contributed by atoms with E-state index in [9.17, 15) is 8.42 Å². The molecular formula is C16H29N3O2S2. The molecule has 23 heavy (non-hydrogen) atoms. The Morgan fingerprint density at radius 2 is 2.13 bits per heavy atom. The van der Waals surface area contributed by atoms with Crippen LogP contribution in [0.3, 0.4) is 0 Å². The lowest BCUT2D eigenvalue weighted by molar-refractivity contribution is 0.341. The van der Waals surface area contributed by atoms with Crippen LogP contribution in [0, 0.1) is 5.41 Å². The Balaban J connectivity index is 2.45. The van der Waals surface area contributed by atoms with Gasteiger partial charge in [0.15, 0.2) is 5.96 Å². The highest BCUT2D eigenvalue weighted by atomic mass is 32.2. The molecule has 0 aliphatic rings. The Kier molecular flexibility index (Phi) is 7.54. The number of thiophene rings is 1. The van der Waals surface area contributed by atoms with E-state index in [4.69, 9.17) is 0 Å². The number of likely N-dealkylation sites (N-methyl/N-ethyl adjacent to an activating group) is 1. The lowest BCUT2D eigenvalue weighted by Crippen LogP contribution is -2.44. The number of nitrogens with zero attached hydrogens (tertiary/aromatic N) is 2. The first-order valence-electron chi connectivity index (χ1n) is 7.75. The quantitative estimate of drug-likeness (QED) is 0.571. The van der Waals surface area contributed by atoms with Gasteiger partial charge in [0, 0.05) is 38.3 Å². The van der Waals surface area contributed by atoms with Gasteiger partial charge in [-0.1, -0.05) is 19.9 Å². The molecule has 0 unspecified atom stereocenters. The van der Waals surface area contributed by atoms with Crippen molar-refractivity contribution < 1.29 is 8.42 Å². The fraction of sp³-hybridized carbons (Fsp3) is 0.688. The molecule has 7 heteroatoms.